The fourth-order valence-electron chi connectivity index (χ4n) is 4.62. The molecule has 1 aliphatic heterocycles. The van der Waals surface area contributed by atoms with Crippen molar-refractivity contribution in [2.24, 2.45) is 0 Å². The molecule has 0 N–H and O–H groups in total. The Hall–Kier alpha value is -3.11. The Labute approximate surface area is 191 Å². The van der Waals surface area contributed by atoms with Gasteiger partial charge in [0.1, 0.15) is 6.10 Å². The van der Waals surface area contributed by atoms with Gasteiger partial charge in [-0.3, -0.25) is 14.9 Å². The van der Waals surface area contributed by atoms with Crippen molar-refractivity contribution >= 4 is 27.5 Å². The van der Waals surface area contributed by atoms with E-state index in [1.165, 1.54) is 40.7 Å². The Kier molecular flexibility index (Phi) is 6.06. The van der Waals surface area contributed by atoms with Crippen LogP contribution in [0.15, 0.2) is 53.4 Å². The third-order valence-electron chi connectivity index (χ3n) is 6.44. The van der Waals surface area contributed by atoms with Crippen LogP contribution < -0.4 is 0 Å². The number of nitro groups is 1. The summed E-state index contributed by atoms with van der Waals surface area (Å²) in [6, 6.07) is 11.4. The van der Waals surface area contributed by atoms with Gasteiger partial charge in [-0.05, 0) is 56.9 Å². The monoisotopic (exact) mass is 472 g/mol. The molecule has 0 unspecified atom stereocenters. The van der Waals surface area contributed by atoms with Crippen molar-refractivity contribution in [3.63, 3.8) is 0 Å². The van der Waals surface area contributed by atoms with Crippen LogP contribution in [0, 0.1) is 17.0 Å². The van der Waals surface area contributed by atoms with Crippen LogP contribution in [0.4, 0.5) is 5.69 Å². The van der Waals surface area contributed by atoms with E-state index in [0.29, 0.717) is 25.7 Å². The maximum Gasteiger partial charge on any atom is 0.338 e. The van der Waals surface area contributed by atoms with Gasteiger partial charge in [-0.25, -0.2) is 13.2 Å². The topological polar surface area (TPSA) is 124 Å². The molecule has 0 amide bonds. The van der Waals surface area contributed by atoms with Crippen LogP contribution in [0.25, 0.3) is 0 Å². The van der Waals surface area contributed by atoms with Gasteiger partial charge in [0.05, 0.1) is 27.5 Å². The van der Waals surface area contributed by atoms with Crippen molar-refractivity contribution in [1.82, 2.24) is 4.31 Å². The van der Waals surface area contributed by atoms with Crippen LogP contribution in [-0.2, 0) is 19.6 Å². The fourth-order valence-corrected chi connectivity index (χ4v) is 6.46. The number of esters is 1. The molecule has 1 spiro atoms. The van der Waals surface area contributed by atoms with Gasteiger partial charge in [0.15, 0.2) is 5.78 Å². The molecule has 174 valence electrons. The largest absolute Gasteiger partial charge is 0.457 e. The molecule has 1 saturated carbocycles. The molecule has 0 radical (unpaired) electrons. The smallest absolute Gasteiger partial charge is 0.338 e. The predicted octanol–water partition coefficient (Wildman–Crippen LogP) is 3.41. The number of carbonyl (C=O) groups excluding carboxylic acids is 2. The van der Waals surface area contributed by atoms with Crippen LogP contribution in [0.2, 0.25) is 0 Å². The van der Waals surface area contributed by atoms with Crippen LogP contribution in [0.1, 0.15) is 48.0 Å². The first-order chi connectivity index (χ1) is 15.6. The van der Waals surface area contributed by atoms with Crippen LogP contribution in [-0.4, -0.2) is 47.6 Å². The maximum atomic E-state index is 13.6. The lowest BCUT2D eigenvalue weighted by molar-refractivity contribution is -0.384. The normalized spacial score (nSPS) is 23.5. The van der Waals surface area contributed by atoms with E-state index in [-0.39, 0.29) is 34.9 Å². The summed E-state index contributed by atoms with van der Waals surface area (Å²) in [5.74, 6) is -0.797. The predicted molar refractivity (Wildman–Crippen MR) is 118 cm³/mol. The summed E-state index contributed by atoms with van der Waals surface area (Å²) in [5, 5.41) is 10.8. The number of ketones is 1. The van der Waals surface area contributed by atoms with Crippen molar-refractivity contribution in [3.8, 4) is 0 Å². The maximum absolute atomic E-state index is 13.6. The highest BCUT2D eigenvalue weighted by molar-refractivity contribution is 7.89. The van der Waals surface area contributed by atoms with Crippen molar-refractivity contribution in [3.05, 3.63) is 69.8 Å². The number of piperidine rings is 1. The SMILES string of the molecule is Cc1ccc(S(=O)(=O)N2C[C@@H](OC(=O)c3ccc([N+](=O)[O-])cc3)CC[C@@]23CCCC3=O)cc1. The van der Waals surface area contributed by atoms with Gasteiger partial charge in [-0.2, -0.15) is 4.31 Å². The van der Waals surface area contributed by atoms with Gasteiger partial charge in [0.2, 0.25) is 10.0 Å². The summed E-state index contributed by atoms with van der Waals surface area (Å²) >= 11 is 0. The van der Waals surface area contributed by atoms with E-state index in [9.17, 15) is 28.1 Å². The summed E-state index contributed by atoms with van der Waals surface area (Å²) in [4.78, 5) is 35.8. The number of hydrogen-bond acceptors (Lipinski definition) is 7. The lowest BCUT2D eigenvalue weighted by atomic mass is 9.85. The zero-order valence-electron chi connectivity index (χ0n) is 18.1. The van der Waals surface area contributed by atoms with Gasteiger partial charge in [0, 0.05) is 18.6 Å². The molecule has 4 rings (SSSR count). The number of rotatable bonds is 5. The third-order valence-corrected chi connectivity index (χ3v) is 8.38. The zero-order chi connectivity index (χ0) is 23.8. The summed E-state index contributed by atoms with van der Waals surface area (Å²) < 4.78 is 34.0. The van der Waals surface area contributed by atoms with E-state index in [0.717, 1.165) is 5.56 Å². The van der Waals surface area contributed by atoms with Gasteiger partial charge in [-0.15, -0.1) is 0 Å². The van der Waals surface area contributed by atoms with Crippen molar-refractivity contribution in [1.29, 1.82) is 0 Å². The number of non-ortho nitro benzene ring substituents is 1. The van der Waals surface area contributed by atoms with E-state index in [4.69, 9.17) is 4.74 Å². The molecule has 2 aromatic rings. The molecule has 2 atom stereocenters. The molecular formula is C23H24N2O7S. The average molecular weight is 473 g/mol. The molecule has 2 aromatic carbocycles. The first kappa shape index (κ1) is 23.1. The number of ether oxygens (including phenoxy) is 1. The summed E-state index contributed by atoms with van der Waals surface area (Å²) in [5.41, 5.74) is -0.221. The number of Topliss-reactive ketones (excluding diaryl/α,β-unsaturated/α-hetero) is 1. The van der Waals surface area contributed by atoms with Gasteiger partial charge in [-0.1, -0.05) is 17.7 Å². The molecule has 2 aliphatic rings. The van der Waals surface area contributed by atoms with E-state index < -0.39 is 32.6 Å². The Morgan fingerprint density at radius 2 is 1.79 bits per heavy atom. The van der Waals surface area contributed by atoms with E-state index >= 15 is 0 Å². The number of benzene rings is 2. The fraction of sp³-hybridized carbons (Fsp3) is 0.391. The Bertz CT molecular complexity index is 1190. The highest BCUT2D eigenvalue weighted by atomic mass is 32.2. The lowest BCUT2D eigenvalue weighted by Crippen LogP contribution is -2.60. The quantitative estimate of drug-likeness (QED) is 0.371. The van der Waals surface area contributed by atoms with Crippen LogP contribution >= 0.6 is 0 Å². The average Bonchev–Trinajstić information content (AvgIpc) is 3.15. The highest BCUT2D eigenvalue weighted by Crippen LogP contribution is 2.43. The molecule has 33 heavy (non-hydrogen) atoms. The number of aryl methyl sites for hydroxylation is 1. The van der Waals surface area contributed by atoms with Crippen molar-refractivity contribution < 1.29 is 27.7 Å². The minimum atomic E-state index is -4.01. The van der Waals surface area contributed by atoms with Gasteiger partial charge in [0.25, 0.3) is 5.69 Å². The Balaban J connectivity index is 1.59. The zero-order valence-corrected chi connectivity index (χ0v) is 18.9. The third kappa shape index (κ3) is 4.28. The van der Waals surface area contributed by atoms with E-state index in [1.807, 2.05) is 6.92 Å². The molecule has 1 aliphatic carbocycles. The molecule has 10 heteroatoms. The Morgan fingerprint density at radius 1 is 1.12 bits per heavy atom. The standard InChI is InChI=1S/C23H24N2O7S/c1-16-4-10-20(11-5-16)33(30,31)24-15-19(12-14-23(24)13-2-3-21(23)26)32-22(27)17-6-8-18(9-7-17)25(28)29/h4-11,19H,2-3,12-15H2,1H3/t19-,23+/m0/s1. The molecule has 2 fully saturated rings. The van der Waals surface area contributed by atoms with E-state index in [1.54, 1.807) is 12.1 Å². The van der Waals surface area contributed by atoms with Gasteiger partial charge >= 0.3 is 5.97 Å². The van der Waals surface area contributed by atoms with Crippen LogP contribution in [0.3, 0.4) is 0 Å². The molecular weight excluding hydrogens is 448 g/mol. The first-order valence-corrected chi connectivity index (χ1v) is 12.2. The molecule has 1 heterocycles. The number of nitro benzene ring substituents is 1. The highest BCUT2D eigenvalue weighted by Gasteiger charge is 2.55. The first-order valence-electron chi connectivity index (χ1n) is 10.7. The van der Waals surface area contributed by atoms with Gasteiger partial charge < -0.3 is 4.74 Å². The number of carbonyl (C=O) groups is 2. The molecule has 0 bridgehead atoms. The van der Waals surface area contributed by atoms with E-state index in [2.05, 4.69) is 0 Å². The summed E-state index contributed by atoms with van der Waals surface area (Å²) in [6.07, 6.45) is 1.27. The summed E-state index contributed by atoms with van der Waals surface area (Å²) in [7, 11) is -4.01. The van der Waals surface area contributed by atoms with Crippen LogP contribution in [0.5, 0.6) is 0 Å². The number of hydrogen-bond donors (Lipinski definition) is 0. The van der Waals surface area contributed by atoms with Crippen molar-refractivity contribution in [2.75, 3.05) is 6.54 Å². The van der Waals surface area contributed by atoms with Crippen molar-refractivity contribution in [2.45, 2.75) is 55.6 Å². The second kappa shape index (κ2) is 8.68. The minimum Gasteiger partial charge on any atom is -0.457 e. The molecule has 9 nitrogen and oxygen atoms in total. The number of sulfonamides is 1. The lowest BCUT2D eigenvalue weighted by Gasteiger charge is -2.44. The second-order valence-corrected chi connectivity index (χ2v) is 10.4. The Morgan fingerprint density at radius 3 is 2.36 bits per heavy atom. The number of nitrogens with zero attached hydrogens (tertiary/aromatic N) is 2. The molecule has 0 aromatic heterocycles. The minimum absolute atomic E-state index is 0.0921. The second-order valence-electron chi connectivity index (χ2n) is 8.53. The molecule has 1 saturated heterocycles. The summed E-state index contributed by atoms with van der Waals surface area (Å²) in [6.45, 7) is 1.73.